The molecule has 0 aliphatic rings. The third-order valence-corrected chi connectivity index (χ3v) is 6.62. The van der Waals surface area contributed by atoms with Crippen LogP contribution in [-0.4, -0.2) is 36.3 Å². The van der Waals surface area contributed by atoms with Gasteiger partial charge in [0, 0.05) is 23.6 Å². The van der Waals surface area contributed by atoms with Crippen LogP contribution in [-0.2, 0) is 13.1 Å². The second-order valence-electron chi connectivity index (χ2n) is 8.70. The first-order valence-electron chi connectivity index (χ1n) is 11.9. The zero-order valence-corrected chi connectivity index (χ0v) is 22.2. The van der Waals surface area contributed by atoms with Gasteiger partial charge in [-0.2, -0.15) is 0 Å². The summed E-state index contributed by atoms with van der Waals surface area (Å²) in [5.41, 5.74) is 3.24. The van der Waals surface area contributed by atoms with Crippen LogP contribution in [0.1, 0.15) is 29.7 Å². The standard InChI is InChI=1S/C29H31N3O4S/c1-19(21-8-6-5-7-9-21)30-29(37)32(17-20-10-12-24(34-2)13-11-20)18-23-14-22-15-26(35-3)27(36-4)16-25(22)31-28(23)33/h5-16,19H,17-18H2,1-4H3,(H,30,37)(H,31,33)/t19-/m1/s1. The number of methoxy groups -OCH3 is 3. The van der Waals surface area contributed by atoms with Gasteiger partial charge in [-0.3, -0.25) is 4.79 Å². The van der Waals surface area contributed by atoms with Crippen molar-refractivity contribution in [2.24, 2.45) is 0 Å². The quantitative estimate of drug-likeness (QED) is 0.296. The number of hydrogen-bond donors (Lipinski definition) is 2. The van der Waals surface area contributed by atoms with E-state index in [9.17, 15) is 4.79 Å². The zero-order chi connectivity index (χ0) is 26.4. The largest absolute Gasteiger partial charge is 0.497 e. The summed E-state index contributed by atoms with van der Waals surface area (Å²) < 4.78 is 16.1. The van der Waals surface area contributed by atoms with Crippen molar-refractivity contribution in [3.8, 4) is 17.2 Å². The molecule has 0 bridgehead atoms. The summed E-state index contributed by atoms with van der Waals surface area (Å²) in [6.07, 6.45) is 0. The summed E-state index contributed by atoms with van der Waals surface area (Å²) in [5, 5.41) is 4.83. The number of nitrogens with one attached hydrogen (secondary N) is 2. The number of aromatic amines is 1. The Balaban J connectivity index is 1.65. The molecule has 0 radical (unpaired) electrons. The Bertz CT molecular complexity index is 1420. The van der Waals surface area contributed by atoms with E-state index in [2.05, 4.69) is 29.4 Å². The van der Waals surface area contributed by atoms with Crippen LogP contribution in [0.4, 0.5) is 0 Å². The number of nitrogens with zero attached hydrogens (tertiary/aromatic N) is 1. The number of hydrogen-bond acceptors (Lipinski definition) is 5. The highest BCUT2D eigenvalue weighted by molar-refractivity contribution is 7.80. The van der Waals surface area contributed by atoms with Gasteiger partial charge in [-0.05, 0) is 54.5 Å². The van der Waals surface area contributed by atoms with Gasteiger partial charge in [0.2, 0.25) is 0 Å². The lowest BCUT2D eigenvalue weighted by Gasteiger charge is -2.28. The predicted octanol–water partition coefficient (Wildman–Crippen LogP) is 5.19. The van der Waals surface area contributed by atoms with Gasteiger partial charge >= 0.3 is 0 Å². The number of ether oxygens (including phenoxy) is 3. The lowest BCUT2D eigenvalue weighted by molar-refractivity contribution is 0.355. The fraction of sp³-hybridized carbons (Fsp3) is 0.241. The molecule has 4 aromatic rings. The molecule has 0 amide bonds. The Morgan fingerprint density at radius 1 is 0.919 bits per heavy atom. The molecule has 0 saturated heterocycles. The Hall–Kier alpha value is -4.04. The lowest BCUT2D eigenvalue weighted by atomic mass is 10.1. The highest BCUT2D eigenvalue weighted by atomic mass is 32.1. The van der Waals surface area contributed by atoms with Crippen molar-refractivity contribution in [3.05, 3.63) is 99.8 Å². The maximum absolute atomic E-state index is 13.1. The molecule has 1 aromatic heterocycles. The van der Waals surface area contributed by atoms with Crippen molar-refractivity contribution in [1.82, 2.24) is 15.2 Å². The number of aromatic nitrogens is 1. The fourth-order valence-corrected chi connectivity index (χ4v) is 4.46. The number of rotatable bonds is 9. The third kappa shape index (κ3) is 6.21. The van der Waals surface area contributed by atoms with Gasteiger partial charge in [0.05, 0.1) is 39.4 Å². The van der Waals surface area contributed by atoms with Gasteiger partial charge < -0.3 is 29.4 Å². The molecule has 2 N–H and O–H groups in total. The molecule has 0 saturated carbocycles. The number of fused-ring (bicyclic) bond motifs is 1. The molecule has 8 heteroatoms. The maximum atomic E-state index is 13.1. The van der Waals surface area contributed by atoms with Crippen LogP contribution in [0.15, 0.2) is 77.6 Å². The van der Waals surface area contributed by atoms with Crippen LogP contribution < -0.4 is 25.1 Å². The molecule has 1 heterocycles. The van der Waals surface area contributed by atoms with Crippen molar-refractivity contribution >= 4 is 28.2 Å². The summed E-state index contributed by atoms with van der Waals surface area (Å²) in [6.45, 7) is 2.90. The van der Waals surface area contributed by atoms with E-state index >= 15 is 0 Å². The van der Waals surface area contributed by atoms with E-state index in [1.54, 1.807) is 27.4 Å². The van der Waals surface area contributed by atoms with Crippen molar-refractivity contribution in [1.29, 1.82) is 0 Å². The smallest absolute Gasteiger partial charge is 0.253 e. The number of pyridine rings is 1. The Morgan fingerprint density at radius 2 is 1.59 bits per heavy atom. The molecule has 37 heavy (non-hydrogen) atoms. The summed E-state index contributed by atoms with van der Waals surface area (Å²) >= 11 is 5.85. The molecular weight excluding hydrogens is 486 g/mol. The number of thiocarbonyl (C=S) groups is 1. The Morgan fingerprint density at radius 3 is 2.24 bits per heavy atom. The first-order chi connectivity index (χ1) is 17.9. The van der Waals surface area contributed by atoms with Crippen LogP contribution >= 0.6 is 12.2 Å². The van der Waals surface area contributed by atoms with E-state index in [4.69, 9.17) is 26.4 Å². The molecule has 0 unspecified atom stereocenters. The van der Waals surface area contributed by atoms with Crippen LogP contribution in [0.2, 0.25) is 0 Å². The van der Waals surface area contributed by atoms with Gasteiger partial charge in [-0.25, -0.2) is 0 Å². The minimum Gasteiger partial charge on any atom is -0.497 e. The van der Waals surface area contributed by atoms with Gasteiger partial charge in [-0.1, -0.05) is 42.5 Å². The summed E-state index contributed by atoms with van der Waals surface area (Å²) in [5.74, 6) is 1.93. The van der Waals surface area contributed by atoms with Crippen molar-refractivity contribution in [3.63, 3.8) is 0 Å². The first-order valence-corrected chi connectivity index (χ1v) is 12.3. The molecule has 7 nitrogen and oxygen atoms in total. The Labute approximate surface area is 222 Å². The summed E-state index contributed by atoms with van der Waals surface area (Å²) in [7, 11) is 4.80. The molecule has 3 aromatic carbocycles. The van der Waals surface area contributed by atoms with Crippen LogP contribution in [0, 0.1) is 0 Å². The van der Waals surface area contributed by atoms with E-state index in [0.717, 1.165) is 22.3 Å². The van der Waals surface area contributed by atoms with Gasteiger partial charge in [-0.15, -0.1) is 0 Å². The van der Waals surface area contributed by atoms with E-state index in [1.807, 2.05) is 59.5 Å². The van der Waals surface area contributed by atoms with E-state index in [-0.39, 0.29) is 11.6 Å². The minimum absolute atomic E-state index is 0.00122. The molecule has 0 fully saturated rings. The summed E-state index contributed by atoms with van der Waals surface area (Å²) in [4.78, 5) is 18.1. The average Bonchev–Trinajstić information content (AvgIpc) is 2.93. The summed E-state index contributed by atoms with van der Waals surface area (Å²) in [6, 6.07) is 23.4. The molecule has 4 rings (SSSR count). The van der Waals surface area contributed by atoms with E-state index < -0.39 is 0 Å². The molecule has 1 atom stereocenters. The number of H-pyrrole nitrogens is 1. The van der Waals surface area contributed by atoms with E-state index in [0.29, 0.717) is 40.8 Å². The molecule has 192 valence electrons. The fourth-order valence-electron chi connectivity index (χ4n) is 4.15. The van der Waals surface area contributed by atoms with E-state index in [1.165, 1.54) is 0 Å². The monoisotopic (exact) mass is 517 g/mol. The minimum atomic E-state index is -0.182. The topological polar surface area (TPSA) is 75.8 Å². The highest BCUT2D eigenvalue weighted by Gasteiger charge is 2.17. The maximum Gasteiger partial charge on any atom is 0.253 e. The van der Waals surface area contributed by atoms with Gasteiger partial charge in [0.1, 0.15) is 5.75 Å². The van der Waals surface area contributed by atoms with Crippen LogP contribution in [0.25, 0.3) is 10.9 Å². The average molecular weight is 518 g/mol. The van der Waals surface area contributed by atoms with Crippen LogP contribution in [0.3, 0.4) is 0 Å². The molecule has 0 spiro atoms. The molecule has 0 aliphatic carbocycles. The third-order valence-electron chi connectivity index (χ3n) is 6.25. The first kappa shape index (κ1) is 26.0. The van der Waals surface area contributed by atoms with Crippen molar-refractivity contribution < 1.29 is 14.2 Å². The SMILES string of the molecule is COc1ccc(CN(Cc2cc3cc(OC)c(OC)cc3[nH]c2=O)C(=S)N[C@H](C)c2ccccc2)cc1. The predicted molar refractivity (Wildman–Crippen MR) is 151 cm³/mol. The second kappa shape index (κ2) is 11.8. The lowest BCUT2D eigenvalue weighted by Crippen LogP contribution is -2.41. The van der Waals surface area contributed by atoms with Gasteiger partial charge in [0.15, 0.2) is 16.6 Å². The Kier molecular flexibility index (Phi) is 8.30. The second-order valence-corrected chi connectivity index (χ2v) is 9.09. The van der Waals surface area contributed by atoms with Crippen LogP contribution in [0.5, 0.6) is 17.2 Å². The molecular formula is C29H31N3O4S. The normalized spacial score (nSPS) is 11.6. The van der Waals surface area contributed by atoms with Gasteiger partial charge in [0.25, 0.3) is 5.56 Å². The van der Waals surface area contributed by atoms with Crippen molar-refractivity contribution in [2.75, 3.05) is 21.3 Å². The van der Waals surface area contributed by atoms with Crippen molar-refractivity contribution in [2.45, 2.75) is 26.1 Å². The molecule has 0 aliphatic heterocycles. The highest BCUT2D eigenvalue weighted by Crippen LogP contribution is 2.31. The zero-order valence-electron chi connectivity index (χ0n) is 21.4. The number of benzene rings is 3.